The normalized spacial score (nSPS) is 17.9. The van der Waals surface area contributed by atoms with E-state index in [4.69, 9.17) is 23.2 Å². The number of anilines is 1. The van der Waals surface area contributed by atoms with E-state index in [1.54, 1.807) is 0 Å². The van der Waals surface area contributed by atoms with Gasteiger partial charge in [-0.1, -0.05) is 44.0 Å². The van der Waals surface area contributed by atoms with Crippen LogP contribution in [-0.2, 0) is 14.8 Å². The largest absolute Gasteiger partial charge is 0.271 e. The first-order valence-electron chi connectivity index (χ1n) is 9.14. The molecule has 156 valence electrons. The fourth-order valence-corrected chi connectivity index (χ4v) is 4.67. The molecule has 1 amide bonds. The molecule has 0 aliphatic heterocycles. The molecule has 2 rings (SSSR count). The number of carbonyl (C=O) groups is 1. The maximum Gasteiger partial charge on any atom is 0.260 e. The summed E-state index contributed by atoms with van der Waals surface area (Å²) in [5.41, 5.74) is 3.92. The Hall–Kier alpha value is -1.31. The van der Waals surface area contributed by atoms with Gasteiger partial charge in [0.25, 0.3) is 5.91 Å². The third kappa shape index (κ3) is 6.64. The minimum Gasteiger partial charge on any atom is -0.271 e. The lowest BCUT2D eigenvalue weighted by molar-refractivity contribution is -0.119. The molecule has 1 aromatic rings. The Labute approximate surface area is 177 Å². The van der Waals surface area contributed by atoms with Gasteiger partial charge in [-0.15, -0.1) is 0 Å². The lowest BCUT2D eigenvalue weighted by Gasteiger charge is -2.34. The molecule has 0 radical (unpaired) electrons. The van der Waals surface area contributed by atoms with Crippen LogP contribution >= 0.6 is 23.2 Å². The molecule has 1 saturated carbocycles. The van der Waals surface area contributed by atoms with Crippen molar-refractivity contribution in [2.24, 2.45) is 16.4 Å². The van der Waals surface area contributed by atoms with E-state index in [1.807, 2.05) is 0 Å². The Morgan fingerprint density at radius 1 is 1.18 bits per heavy atom. The van der Waals surface area contributed by atoms with E-state index in [-0.39, 0.29) is 21.1 Å². The van der Waals surface area contributed by atoms with Gasteiger partial charge in [0.1, 0.15) is 6.54 Å². The smallest absolute Gasteiger partial charge is 0.260 e. The third-order valence-electron chi connectivity index (χ3n) is 4.95. The Kier molecular flexibility index (Phi) is 7.39. The Balaban J connectivity index is 2.03. The van der Waals surface area contributed by atoms with Crippen molar-refractivity contribution < 1.29 is 13.2 Å². The minimum absolute atomic E-state index is 0.230. The van der Waals surface area contributed by atoms with Gasteiger partial charge in [0, 0.05) is 15.8 Å². The van der Waals surface area contributed by atoms with Gasteiger partial charge >= 0.3 is 0 Å². The van der Waals surface area contributed by atoms with Crippen molar-refractivity contribution in [1.82, 2.24) is 5.43 Å². The van der Waals surface area contributed by atoms with E-state index in [1.165, 1.54) is 18.2 Å². The third-order valence-corrected chi connectivity index (χ3v) is 6.53. The summed E-state index contributed by atoms with van der Waals surface area (Å²) in [5, 5.41) is 4.78. The standard InChI is InChI=1S/C19H27Cl2N3O3S/c1-19(2,3)13-5-7-16(8-6-13)22-23-18(25)12-24(28(4,26)27)17-10-14(20)9-15(21)11-17/h9-11,13H,5-8,12H2,1-4H3,(H,23,25). The number of carbonyl (C=O) groups excluding carboxylic acids is 1. The second-order valence-corrected chi connectivity index (χ2v) is 11.0. The SMILES string of the molecule is CC(C)(C)C1CCC(=NNC(=O)CN(c2cc(Cl)cc(Cl)c2)S(C)(=O)=O)CC1. The molecule has 0 bridgehead atoms. The molecule has 0 spiro atoms. The maximum absolute atomic E-state index is 12.3. The van der Waals surface area contributed by atoms with Gasteiger partial charge in [0.05, 0.1) is 11.9 Å². The van der Waals surface area contributed by atoms with Crippen LogP contribution in [0.15, 0.2) is 23.3 Å². The van der Waals surface area contributed by atoms with Gasteiger partial charge in [-0.3, -0.25) is 9.10 Å². The molecule has 28 heavy (non-hydrogen) atoms. The first-order chi connectivity index (χ1) is 12.9. The van der Waals surface area contributed by atoms with Crippen molar-refractivity contribution >= 4 is 50.5 Å². The molecular formula is C19H27Cl2N3O3S. The average molecular weight is 448 g/mol. The monoisotopic (exact) mass is 447 g/mol. The van der Waals surface area contributed by atoms with Gasteiger partial charge in [-0.05, 0) is 55.2 Å². The number of nitrogens with one attached hydrogen (secondary N) is 1. The number of rotatable bonds is 5. The van der Waals surface area contributed by atoms with Crippen molar-refractivity contribution in [1.29, 1.82) is 0 Å². The predicted octanol–water partition coefficient (Wildman–Crippen LogP) is 4.47. The molecule has 0 atom stereocenters. The summed E-state index contributed by atoms with van der Waals surface area (Å²) in [5.74, 6) is 0.113. The zero-order valence-corrected chi connectivity index (χ0v) is 19.0. The van der Waals surface area contributed by atoms with Crippen LogP contribution in [0.1, 0.15) is 46.5 Å². The molecule has 0 unspecified atom stereocenters. The number of amides is 1. The second kappa shape index (κ2) is 9.01. The van der Waals surface area contributed by atoms with Crippen LogP contribution in [0.25, 0.3) is 0 Å². The lowest BCUT2D eigenvalue weighted by Crippen LogP contribution is -2.39. The first-order valence-corrected chi connectivity index (χ1v) is 11.7. The molecule has 1 aliphatic carbocycles. The molecule has 9 heteroatoms. The summed E-state index contributed by atoms with van der Waals surface area (Å²) in [7, 11) is -3.71. The van der Waals surface area contributed by atoms with Gasteiger partial charge < -0.3 is 0 Å². The van der Waals surface area contributed by atoms with Crippen LogP contribution in [-0.4, -0.2) is 32.8 Å². The molecular weight excluding hydrogens is 421 g/mol. The Morgan fingerprint density at radius 2 is 1.71 bits per heavy atom. The van der Waals surface area contributed by atoms with E-state index in [0.29, 0.717) is 5.92 Å². The van der Waals surface area contributed by atoms with E-state index in [0.717, 1.165) is 42.0 Å². The van der Waals surface area contributed by atoms with Crippen molar-refractivity contribution in [3.63, 3.8) is 0 Å². The van der Waals surface area contributed by atoms with Gasteiger partial charge in [-0.2, -0.15) is 5.10 Å². The average Bonchev–Trinajstić information content (AvgIpc) is 2.55. The zero-order valence-electron chi connectivity index (χ0n) is 16.6. The topological polar surface area (TPSA) is 78.8 Å². The number of hydrogen-bond acceptors (Lipinski definition) is 4. The summed E-state index contributed by atoms with van der Waals surface area (Å²) in [6.07, 6.45) is 4.77. The maximum atomic E-state index is 12.3. The number of nitrogens with zero attached hydrogens (tertiary/aromatic N) is 2. The van der Waals surface area contributed by atoms with E-state index < -0.39 is 22.5 Å². The molecule has 1 aromatic carbocycles. The van der Waals surface area contributed by atoms with Gasteiger partial charge in [0.15, 0.2) is 0 Å². The van der Waals surface area contributed by atoms with Crippen molar-refractivity contribution in [2.45, 2.75) is 46.5 Å². The fraction of sp³-hybridized carbons (Fsp3) is 0.579. The van der Waals surface area contributed by atoms with Crippen molar-refractivity contribution in [3.05, 3.63) is 28.2 Å². The Morgan fingerprint density at radius 3 is 2.18 bits per heavy atom. The number of halogens is 2. The zero-order chi connectivity index (χ0) is 21.1. The van der Waals surface area contributed by atoms with Gasteiger partial charge in [-0.25, -0.2) is 13.8 Å². The molecule has 6 nitrogen and oxygen atoms in total. The van der Waals surface area contributed by atoms with Crippen LogP contribution in [0.2, 0.25) is 10.0 Å². The van der Waals surface area contributed by atoms with Crippen LogP contribution in [0.5, 0.6) is 0 Å². The number of hydrazone groups is 1. The van der Waals surface area contributed by atoms with Crippen LogP contribution in [0.4, 0.5) is 5.69 Å². The highest BCUT2D eigenvalue weighted by molar-refractivity contribution is 7.92. The van der Waals surface area contributed by atoms with Crippen LogP contribution in [0.3, 0.4) is 0 Å². The first kappa shape index (κ1) is 23.0. The highest BCUT2D eigenvalue weighted by Crippen LogP contribution is 2.36. The van der Waals surface area contributed by atoms with Crippen molar-refractivity contribution in [3.8, 4) is 0 Å². The summed E-state index contributed by atoms with van der Waals surface area (Å²) in [4.78, 5) is 12.3. The number of hydrogen-bond donors (Lipinski definition) is 1. The van der Waals surface area contributed by atoms with E-state index in [9.17, 15) is 13.2 Å². The Bertz CT molecular complexity index is 833. The summed E-state index contributed by atoms with van der Waals surface area (Å²) in [6.45, 7) is 6.31. The quantitative estimate of drug-likeness (QED) is 0.676. The molecule has 0 saturated heterocycles. The predicted molar refractivity (Wildman–Crippen MR) is 116 cm³/mol. The highest BCUT2D eigenvalue weighted by atomic mass is 35.5. The summed E-state index contributed by atoms with van der Waals surface area (Å²) >= 11 is 11.9. The van der Waals surface area contributed by atoms with Crippen LogP contribution in [0, 0.1) is 11.3 Å². The molecule has 1 N–H and O–H groups in total. The summed E-state index contributed by atoms with van der Waals surface area (Å²) < 4.78 is 25.3. The second-order valence-electron chi connectivity index (χ2n) is 8.25. The van der Waals surface area contributed by atoms with E-state index in [2.05, 4.69) is 31.3 Å². The molecule has 0 heterocycles. The molecule has 1 aliphatic rings. The number of benzene rings is 1. The molecule has 1 fully saturated rings. The van der Waals surface area contributed by atoms with Crippen LogP contribution < -0.4 is 9.73 Å². The molecule has 0 aromatic heterocycles. The van der Waals surface area contributed by atoms with E-state index >= 15 is 0 Å². The highest BCUT2D eigenvalue weighted by Gasteiger charge is 2.28. The number of sulfonamides is 1. The summed E-state index contributed by atoms with van der Waals surface area (Å²) in [6, 6.07) is 4.38. The van der Waals surface area contributed by atoms with Gasteiger partial charge in [0.2, 0.25) is 10.0 Å². The minimum atomic E-state index is -3.71. The fourth-order valence-electron chi connectivity index (χ4n) is 3.32. The lowest BCUT2D eigenvalue weighted by atomic mass is 9.72. The van der Waals surface area contributed by atoms with Crippen molar-refractivity contribution in [2.75, 3.05) is 17.1 Å².